The fourth-order valence-electron chi connectivity index (χ4n) is 1.23. The van der Waals surface area contributed by atoms with Crippen molar-refractivity contribution >= 4 is 11.8 Å². The van der Waals surface area contributed by atoms with Crippen molar-refractivity contribution in [2.45, 2.75) is 46.6 Å². The zero-order valence-corrected chi connectivity index (χ0v) is 10.4. The lowest BCUT2D eigenvalue weighted by molar-refractivity contribution is -0.136. The Morgan fingerprint density at radius 3 is 2.07 bits per heavy atom. The Hall–Kier alpha value is -1.06. The van der Waals surface area contributed by atoms with Gasteiger partial charge in [0.15, 0.2) is 0 Å². The number of nitrogens with zero attached hydrogens (tertiary/aromatic N) is 1. The Morgan fingerprint density at radius 2 is 1.73 bits per heavy atom. The van der Waals surface area contributed by atoms with E-state index in [4.69, 9.17) is 0 Å². The number of hydrogen-bond acceptors (Lipinski definition) is 2. The first-order valence-corrected chi connectivity index (χ1v) is 5.39. The van der Waals surface area contributed by atoms with E-state index in [1.807, 2.05) is 27.7 Å². The van der Waals surface area contributed by atoms with Crippen LogP contribution in [0.2, 0.25) is 0 Å². The Bertz CT molecular complexity index is 231. The van der Waals surface area contributed by atoms with Gasteiger partial charge in [0.05, 0.1) is 6.54 Å². The van der Waals surface area contributed by atoms with Gasteiger partial charge in [0, 0.05) is 18.5 Å². The zero-order valence-electron chi connectivity index (χ0n) is 10.4. The summed E-state index contributed by atoms with van der Waals surface area (Å²) in [5.74, 6) is -0.0901. The van der Waals surface area contributed by atoms with Gasteiger partial charge in [-0.3, -0.25) is 9.59 Å². The van der Waals surface area contributed by atoms with E-state index in [-0.39, 0.29) is 23.9 Å². The second-order valence-electron chi connectivity index (χ2n) is 4.56. The van der Waals surface area contributed by atoms with Gasteiger partial charge in [-0.05, 0) is 27.7 Å². The molecule has 0 rings (SSSR count). The monoisotopic (exact) mass is 214 g/mol. The maximum Gasteiger partial charge on any atom is 0.240 e. The molecule has 4 heteroatoms. The molecule has 0 aliphatic heterocycles. The predicted molar refractivity (Wildman–Crippen MR) is 60.4 cm³/mol. The molecule has 88 valence electrons. The van der Waals surface area contributed by atoms with Crippen LogP contribution >= 0.6 is 0 Å². The van der Waals surface area contributed by atoms with E-state index in [9.17, 15) is 9.59 Å². The summed E-state index contributed by atoms with van der Waals surface area (Å²) in [6.07, 6.45) is 0.441. The third kappa shape index (κ3) is 6.10. The van der Waals surface area contributed by atoms with Crippen LogP contribution in [-0.4, -0.2) is 35.3 Å². The smallest absolute Gasteiger partial charge is 0.240 e. The Balaban J connectivity index is 4.20. The summed E-state index contributed by atoms with van der Waals surface area (Å²) >= 11 is 0. The number of nitrogens with one attached hydrogen (secondary N) is 1. The summed E-state index contributed by atoms with van der Waals surface area (Å²) in [6.45, 7) is 10.2. The van der Waals surface area contributed by atoms with Gasteiger partial charge in [-0.15, -0.1) is 0 Å². The molecule has 15 heavy (non-hydrogen) atoms. The van der Waals surface area contributed by atoms with Crippen molar-refractivity contribution in [3.05, 3.63) is 0 Å². The van der Waals surface area contributed by atoms with E-state index in [1.54, 1.807) is 11.8 Å². The Morgan fingerprint density at radius 1 is 1.20 bits per heavy atom. The largest absolute Gasteiger partial charge is 0.350 e. The van der Waals surface area contributed by atoms with E-state index in [0.717, 1.165) is 0 Å². The lowest BCUT2D eigenvalue weighted by atomic mass is 10.1. The molecule has 0 aromatic heterocycles. The maximum absolute atomic E-state index is 11.5. The van der Waals surface area contributed by atoms with Crippen LogP contribution in [0.3, 0.4) is 0 Å². The third-order valence-corrected chi connectivity index (χ3v) is 1.89. The van der Waals surface area contributed by atoms with Crippen molar-refractivity contribution in [3.63, 3.8) is 0 Å². The van der Waals surface area contributed by atoms with Crippen molar-refractivity contribution in [3.8, 4) is 0 Å². The molecule has 0 radical (unpaired) electrons. The molecular formula is C11H22N2O2. The zero-order chi connectivity index (χ0) is 12.1. The summed E-state index contributed by atoms with van der Waals surface area (Å²) in [5.41, 5.74) is -0.244. The first-order chi connectivity index (χ1) is 6.80. The normalized spacial score (nSPS) is 11.0. The molecule has 0 spiro atoms. The highest BCUT2D eigenvalue weighted by atomic mass is 16.2. The quantitative estimate of drug-likeness (QED) is 0.763. The number of amides is 2. The highest BCUT2D eigenvalue weighted by Gasteiger charge is 2.17. The molecule has 0 atom stereocenters. The van der Waals surface area contributed by atoms with Crippen LogP contribution < -0.4 is 5.32 Å². The first-order valence-electron chi connectivity index (χ1n) is 5.39. The van der Waals surface area contributed by atoms with Crippen molar-refractivity contribution in [1.82, 2.24) is 10.2 Å². The van der Waals surface area contributed by atoms with Crippen LogP contribution in [0.4, 0.5) is 0 Å². The fraction of sp³-hybridized carbons (Fsp3) is 0.818. The molecular weight excluding hydrogens is 192 g/mol. The molecule has 0 aromatic rings. The standard InChI is InChI=1S/C11H22N2O2/c1-6-10(15)13(7-2)8-9(14)12-11(3,4)5/h6-8H2,1-5H3,(H,12,14). The van der Waals surface area contributed by atoms with Gasteiger partial charge >= 0.3 is 0 Å². The third-order valence-electron chi connectivity index (χ3n) is 1.89. The van der Waals surface area contributed by atoms with Crippen LogP contribution in [0, 0.1) is 0 Å². The molecule has 0 unspecified atom stereocenters. The van der Waals surface area contributed by atoms with Gasteiger partial charge in [-0.1, -0.05) is 6.92 Å². The van der Waals surface area contributed by atoms with E-state index in [1.165, 1.54) is 0 Å². The Kier molecular flexibility index (Phi) is 5.33. The van der Waals surface area contributed by atoms with Crippen molar-refractivity contribution in [1.29, 1.82) is 0 Å². The number of hydrogen-bond donors (Lipinski definition) is 1. The minimum Gasteiger partial charge on any atom is -0.350 e. The van der Waals surface area contributed by atoms with Crippen LogP contribution in [0.1, 0.15) is 41.0 Å². The second-order valence-corrected chi connectivity index (χ2v) is 4.56. The molecule has 0 saturated heterocycles. The molecule has 1 N–H and O–H groups in total. The molecule has 0 heterocycles. The number of carbonyl (C=O) groups excluding carboxylic acids is 2. The number of likely N-dealkylation sites (N-methyl/N-ethyl adjacent to an activating group) is 1. The van der Waals surface area contributed by atoms with E-state index >= 15 is 0 Å². The van der Waals surface area contributed by atoms with Crippen LogP contribution in [0.5, 0.6) is 0 Å². The summed E-state index contributed by atoms with van der Waals surface area (Å²) < 4.78 is 0. The lowest BCUT2D eigenvalue weighted by Crippen LogP contribution is -2.47. The minimum atomic E-state index is -0.244. The van der Waals surface area contributed by atoms with Gasteiger partial charge in [0.1, 0.15) is 0 Å². The van der Waals surface area contributed by atoms with E-state index in [0.29, 0.717) is 13.0 Å². The van der Waals surface area contributed by atoms with Crippen molar-refractivity contribution in [2.24, 2.45) is 0 Å². The average Bonchev–Trinajstić information content (AvgIpc) is 2.10. The van der Waals surface area contributed by atoms with E-state index in [2.05, 4.69) is 5.32 Å². The number of carbonyl (C=O) groups is 2. The van der Waals surface area contributed by atoms with Gasteiger partial charge in [-0.2, -0.15) is 0 Å². The topological polar surface area (TPSA) is 49.4 Å². The molecule has 0 aromatic carbocycles. The molecule has 4 nitrogen and oxygen atoms in total. The van der Waals surface area contributed by atoms with Gasteiger partial charge in [0.25, 0.3) is 0 Å². The van der Waals surface area contributed by atoms with Gasteiger partial charge in [-0.25, -0.2) is 0 Å². The molecule has 0 aliphatic carbocycles. The molecule has 2 amide bonds. The highest BCUT2D eigenvalue weighted by molar-refractivity contribution is 5.84. The van der Waals surface area contributed by atoms with Gasteiger partial charge < -0.3 is 10.2 Å². The summed E-state index contributed by atoms with van der Waals surface area (Å²) in [4.78, 5) is 24.5. The van der Waals surface area contributed by atoms with Crippen molar-refractivity contribution < 1.29 is 9.59 Å². The summed E-state index contributed by atoms with van der Waals surface area (Å²) in [6, 6.07) is 0. The highest BCUT2D eigenvalue weighted by Crippen LogP contribution is 1.99. The fourth-order valence-corrected chi connectivity index (χ4v) is 1.23. The predicted octanol–water partition coefficient (Wildman–Crippen LogP) is 1.16. The minimum absolute atomic E-state index is 0.0153. The summed E-state index contributed by atoms with van der Waals surface area (Å²) in [5, 5.41) is 2.83. The molecule has 0 bridgehead atoms. The van der Waals surface area contributed by atoms with E-state index < -0.39 is 0 Å². The molecule has 0 saturated carbocycles. The lowest BCUT2D eigenvalue weighted by Gasteiger charge is -2.24. The van der Waals surface area contributed by atoms with Crippen LogP contribution in [-0.2, 0) is 9.59 Å². The maximum atomic E-state index is 11.5. The van der Waals surface area contributed by atoms with Crippen LogP contribution in [0.25, 0.3) is 0 Å². The molecule has 0 aliphatic rings. The first kappa shape index (κ1) is 13.9. The summed E-state index contributed by atoms with van der Waals surface area (Å²) in [7, 11) is 0. The van der Waals surface area contributed by atoms with Gasteiger partial charge in [0.2, 0.25) is 11.8 Å². The van der Waals surface area contributed by atoms with Crippen LogP contribution in [0.15, 0.2) is 0 Å². The van der Waals surface area contributed by atoms with Crippen molar-refractivity contribution in [2.75, 3.05) is 13.1 Å². The second kappa shape index (κ2) is 5.73. The number of rotatable bonds is 4. The SMILES string of the molecule is CCC(=O)N(CC)CC(=O)NC(C)(C)C. The Labute approximate surface area is 92.0 Å². The molecule has 0 fully saturated rings. The average molecular weight is 214 g/mol.